The van der Waals surface area contributed by atoms with E-state index in [4.69, 9.17) is 0 Å². The second-order valence-corrected chi connectivity index (χ2v) is 5.71. The van der Waals surface area contributed by atoms with Crippen LogP contribution in [0.15, 0.2) is 18.2 Å². The summed E-state index contributed by atoms with van der Waals surface area (Å²) in [7, 11) is 1.92. The molecule has 0 fully saturated rings. The number of nitrogens with zero attached hydrogens (tertiary/aromatic N) is 3. The van der Waals surface area contributed by atoms with Gasteiger partial charge in [0, 0.05) is 30.8 Å². The molecule has 19 heavy (non-hydrogen) atoms. The standard InChI is InChI=1S/C14H18N4S/c1-10-5-6-13-11(8-10)4-3-7-18(13)9-12-14(15-2)19-17-16-12/h5-6,8,15H,3-4,7,9H2,1-2H3. The summed E-state index contributed by atoms with van der Waals surface area (Å²) in [6.45, 7) is 4.09. The van der Waals surface area contributed by atoms with Gasteiger partial charge in [-0.3, -0.25) is 0 Å². The lowest BCUT2D eigenvalue weighted by molar-refractivity contribution is 0.682. The lowest BCUT2D eigenvalue weighted by atomic mass is 9.99. The first kappa shape index (κ1) is 12.4. The molecule has 0 atom stereocenters. The largest absolute Gasteiger partial charge is 0.377 e. The highest BCUT2D eigenvalue weighted by molar-refractivity contribution is 7.10. The van der Waals surface area contributed by atoms with Gasteiger partial charge in [-0.15, -0.1) is 5.10 Å². The van der Waals surface area contributed by atoms with E-state index in [0.717, 1.165) is 23.8 Å². The van der Waals surface area contributed by atoms with Gasteiger partial charge in [0.2, 0.25) is 0 Å². The molecule has 1 N–H and O–H groups in total. The third kappa shape index (κ3) is 2.42. The number of aryl methyl sites for hydroxylation is 2. The first-order valence-electron chi connectivity index (χ1n) is 6.61. The molecular formula is C14H18N4S. The molecule has 0 aliphatic carbocycles. The van der Waals surface area contributed by atoms with Gasteiger partial charge in [-0.25, -0.2) is 0 Å². The van der Waals surface area contributed by atoms with Gasteiger partial charge in [0.25, 0.3) is 0 Å². The summed E-state index contributed by atoms with van der Waals surface area (Å²) in [5.41, 5.74) is 5.19. The second kappa shape index (κ2) is 5.17. The SMILES string of the molecule is CNc1snnc1CN1CCCc2cc(C)ccc21. The van der Waals surface area contributed by atoms with Crippen LogP contribution in [-0.4, -0.2) is 23.2 Å². The van der Waals surface area contributed by atoms with Gasteiger partial charge in [0.1, 0.15) is 10.7 Å². The Labute approximate surface area is 117 Å². The average molecular weight is 274 g/mol. The summed E-state index contributed by atoms with van der Waals surface area (Å²) >= 11 is 1.42. The number of benzene rings is 1. The zero-order valence-corrected chi connectivity index (χ0v) is 12.1. The van der Waals surface area contributed by atoms with Gasteiger partial charge >= 0.3 is 0 Å². The van der Waals surface area contributed by atoms with Gasteiger partial charge in [-0.05, 0) is 31.4 Å². The third-order valence-corrected chi connectivity index (χ3v) is 4.36. The number of aromatic nitrogens is 2. The van der Waals surface area contributed by atoms with Crippen LogP contribution in [0.1, 0.15) is 23.2 Å². The fourth-order valence-corrected chi connectivity index (χ4v) is 3.17. The topological polar surface area (TPSA) is 41.1 Å². The Morgan fingerprint density at radius 3 is 3.16 bits per heavy atom. The Kier molecular flexibility index (Phi) is 3.38. The van der Waals surface area contributed by atoms with Crippen LogP contribution >= 0.6 is 11.5 Å². The van der Waals surface area contributed by atoms with Crippen LogP contribution in [0, 0.1) is 6.92 Å². The third-order valence-electron chi connectivity index (χ3n) is 3.57. The molecule has 1 aromatic carbocycles. The fourth-order valence-electron chi connectivity index (χ4n) is 2.65. The summed E-state index contributed by atoms with van der Waals surface area (Å²) < 4.78 is 4.03. The first-order valence-corrected chi connectivity index (χ1v) is 7.38. The van der Waals surface area contributed by atoms with Crippen LogP contribution in [-0.2, 0) is 13.0 Å². The Bertz CT molecular complexity index is 579. The molecule has 1 aliphatic rings. The van der Waals surface area contributed by atoms with Crippen molar-refractivity contribution in [1.29, 1.82) is 0 Å². The number of hydrogen-bond acceptors (Lipinski definition) is 5. The van der Waals surface area contributed by atoms with Gasteiger partial charge in [0.05, 0.1) is 6.54 Å². The molecule has 0 radical (unpaired) electrons. The Morgan fingerprint density at radius 1 is 1.42 bits per heavy atom. The van der Waals surface area contributed by atoms with Gasteiger partial charge < -0.3 is 10.2 Å². The first-order chi connectivity index (χ1) is 9.28. The molecule has 1 aliphatic heterocycles. The number of anilines is 2. The minimum Gasteiger partial charge on any atom is -0.377 e. The van der Waals surface area contributed by atoms with E-state index in [1.54, 1.807) is 0 Å². The van der Waals surface area contributed by atoms with E-state index in [2.05, 4.69) is 44.9 Å². The van der Waals surface area contributed by atoms with E-state index < -0.39 is 0 Å². The summed E-state index contributed by atoms with van der Waals surface area (Å²) in [5, 5.41) is 8.47. The number of hydrogen-bond donors (Lipinski definition) is 1. The van der Waals surface area contributed by atoms with Gasteiger partial charge in [-0.2, -0.15) is 0 Å². The van der Waals surface area contributed by atoms with E-state index in [1.807, 2.05) is 7.05 Å². The van der Waals surface area contributed by atoms with Crippen LogP contribution in [0.2, 0.25) is 0 Å². The van der Waals surface area contributed by atoms with Crippen molar-refractivity contribution < 1.29 is 0 Å². The van der Waals surface area contributed by atoms with Crippen LogP contribution in [0.3, 0.4) is 0 Å². The quantitative estimate of drug-likeness (QED) is 0.934. The molecule has 0 saturated carbocycles. The zero-order valence-electron chi connectivity index (χ0n) is 11.3. The monoisotopic (exact) mass is 274 g/mol. The predicted molar refractivity (Wildman–Crippen MR) is 80.0 cm³/mol. The van der Waals surface area contributed by atoms with E-state index in [1.165, 1.54) is 41.2 Å². The molecule has 4 nitrogen and oxygen atoms in total. The highest BCUT2D eigenvalue weighted by Crippen LogP contribution is 2.30. The smallest absolute Gasteiger partial charge is 0.134 e. The maximum atomic E-state index is 4.24. The van der Waals surface area contributed by atoms with Crippen molar-refractivity contribution in [2.24, 2.45) is 0 Å². The molecule has 0 spiro atoms. The highest BCUT2D eigenvalue weighted by Gasteiger charge is 2.19. The molecular weight excluding hydrogens is 256 g/mol. The van der Waals surface area contributed by atoms with Crippen molar-refractivity contribution >= 4 is 22.2 Å². The van der Waals surface area contributed by atoms with Crippen LogP contribution in [0.5, 0.6) is 0 Å². The molecule has 100 valence electrons. The summed E-state index contributed by atoms with van der Waals surface area (Å²) in [5.74, 6) is 0. The lowest BCUT2D eigenvalue weighted by Crippen LogP contribution is -2.29. The molecule has 0 saturated heterocycles. The summed E-state index contributed by atoms with van der Waals surface area (Å²) in [4.78, 5) is 2.41. The minimum atomic E-state index is 0.836. The summed E-state index contributed by atoms with van der Waals surface area (Å²) in [6, 6.07) is 6.73. The minimum absolute atomic E-state index is 0.836. The number of fused-ring (bicyclic) bond motifs is 1. The van der Waals surface area contributed by atoms with Crippen LogP contribution in [0.4, 0.5) is 10.7 Å². The molecule has 5 heteroatoms. The molecule has 0 amide bonds. The number of rotatable bonds is 3. The molecule has 0 unspecified atom stereocenters. The van der Waals surface area contributed by atoms with Gasteiger partial charge in [0.15, 0.2) is 0 Å². The summed E-state index contributed by atoms with van der Waals surface area (Å²) in [6.07, 6.45) is 2.39. The van der Waals surface area contributed by atoms with E-state index >= 15 is 0 Å². The van der Waals surface area contributed by atoms with E-state index in [9.17, 15) is 0 Å². The molecule has 1 aromatic heterocycles. The maximum Gasteiger partial charge on any atom is 0.134 e. The Morgan fingerprint density at radius 2 is 2.32 bits per heavy atom. The van der Waals surface area contributed by atoms with Crippen LogP contribution < -0.4 is 10.2 Å². The Hall–Kier alpha value is -1.62. The van der Waals surface area contributed by atoms with Crippen molar-refractivity contribution in [3.05, 3.63) is 35.0 Å². The molecule has 3 rings (SSSR count). The maximum absolute atomic E-state index is 4.24. The van der Waals surface area contributed by atoms with Crippen molar-refractivity contribution in [2.45, 2.75) is 26.3 Å². The van der Waals surface area contributed by atoms with Gasteiger partial charge in [-0.1, -0.05) is 22.2 Å². The van der Waals surface area contributed by atoms with E-state index in [0.29, 0.717) is 0 Å². The Balaban J connectivity index is 1.88. The lowest BCUT2D eigenvalue weighted by Gasteiger charge is -2.31. The molecule has 0 bridgehead atoms. The van der Waals surface area contributed by atoms with Crippen LogP contribution in [0.25, 0.3) is 0 Å². The van der Waals surface area contributed by atoms with Crippen molar-refractivity contribution in [1.82, 2.24) is 9.59 Å². The van der Waals surface area contributed by atoms with Crippen molar-refractivity contribution in [2.75, 3.05) is 23.8 Å². The molecule has 2 heterocycles. The fraction of sp³-hybridized carbons (Fsp3) is 0.429. The average Bonchev–Trinajstić information content (AvgIpc) is 2.86. The highest BCUT2D eigenvalue weighted by atomic mass is 32.1. The number of nitrogens with one attached hydrogen (secondary N) is 1. The molecule has 2 aromatic rings. The van der Waals surface area contributed by atoms with Crippen molar-refractivity contribution in [3.63, 3.8) is 0 Å². The normalized spacial score (nSPS) is 14.3. The van der Waals surface area contributed by atoms with E-state index in [-0.39, 0.29) is 0 Å². The van der Waals surface area contributed by atoms with Crippen molar-refractivity contribution in [3.8, 4) is 0 Å². The predicted octanol–water partition coefficient (Wildman–Crippen LogP) is 2.84. The zero-order chi connectivity index (χ0) is 13.2. The second-order valence-electron chi connectivity index (χ2n) is 4.96.